The zero-order valence-corrected chi connectivity index (χ0v) is 16.5. The van der Waals surface area contributed by atoms with E-state index >= 15 is 0 Å². The Labute approximate surface area is 178 Å². The smallest absolute Gasteiger partial charge is 0.267 e. The van der Waals surface area contributed by atoms with Crippen molar-refractivity contribution in [3.8, 4) is 17.6 Å². The molecule has 3 aromatic rings. The van der Waals surface area contributed by atoms with Gasteiger partial charge in [0.25, 0.3) is 5.91 Å². The molecule has 0 aliphatic carbocycles. The van der Waals surface area contributed by atoms with Gasteiger partial charge in [0, 0.05) is 16.9 Å². The van der Waals surface area contributed by atoms with Crippen molar-refractivity contribution < 1.29 is 9.53 Å². The van der Waals surface area contributed by atoms with E-state index in [9.17, 15) is 10.1 Å². The SMILES string of the molecule is N#C/C(=C/Nc1cc(Cl)ccc1Cl)C(=O)Nc1ccc(Oc2ccccc2)cc1. The number of rotatable bonds is 6. The number of ether oxygens (including phenoxy) is 1. The van der Waals surface area contributed by atoms with Gasteiger partial charge in [0.1, 0.15) is 23.1 Å². The molecule has 0 unspecified atom stereocenters. The van der Waals surface area contributed by atoms with Gasteiger partial charge in [-0.2, -0.15) is 5.26 Å². The highest BCUT2D eigenvalue weighted by molar-refractivity contribution is 6.35. The Morgan fingerprint density at radius 3 is 2.34 bits per heavy atom. The van der Waals surface area contributed by atoms with Crippen LogP contribution in [0.3, 0.4) is 0 Å². The number of para-hydroxylation sites is 1. The molecule has 5 nitrogen and oxygen atoms in total. The minimum atomic E-state index is -0.560. The molecule has 3 aromatic carbocycles. The van der Waals surface area contributed by atoms with Crippen LogP contribution in [0.1, 0.15) is 0 Å². The second-order valence-electron chi connectivity index (χ2n) is 5.83. The quantitative estimate of drug-likeness (QED) is 0.363. The van der Waals surface area contributed by atoms with Crippen LogP contribution in [-0.4, -0.2) is 5.91 Å². The second-order valence-corrected chi connectivity index (χ2v) is 6.68. The Hall–Kier alpha value is -3.46. The standard InChI is InChI=1S/C22H15Cl2N3O2/c23-16-6-11-20(24)21(12-16)26-14-15(13-25)22(28)27-17-7-9-19(10-8-17)29-18-4-2-1-3-5-18/h1-12,14,26H,(H,27,28)/b15-14-. The largest absolute Gasteiger partial charge is 0.457 e. The molecule has 3 rings (SSSR count). The zero-order chi connectivity index (χ0) is 20.6. The van der Waals surface area contributed by atoms with Gasteiger partial charge in [-0.05, 0) is 54.6 Å². The lowest BCUT2D eigenvalue weighted by Gasteiger charge is -2.08. The van der Waals surface area contributed by atoms with E-state index in [0.29, 0.717) is 32.9 Å². The number of hydrogen-bond acceptors (Lipinski definition) is 4. The molecule has 0 fully saturated rings. The monoisotopic (exact) mass is 423 g/mol. The molecular formula is C22H15Cl2N3O2. The number of hydrogen-bond donors (Lipinski definition) is 2. The summed E-state index contributed by atoms with van der Waals surface area (Å²) in [7, 11) is 0. The molecular weight excluding hydrogens is 409 g/mol. The fraction of sp³-hybridized carbons (Fsp3) is 0. The Balaban J connectivity index is 1.64. The molecule has 0 heterocycles. The van der Waals surface area contributed by atoms with Gasteiger partial charge in [-0.15, -0.1) is 0 Å². The minimum absolute atomic E-state index is 0.120. The maximum atomic E-state index is 12.4. The summed E-state index contributed by atoms with van der Waals surface area (Å²) in [5.41, 5.74) is 0.894. The van der Waals surface area contributed by atoms with E-state index in [-0.39, 0.29) is 5.57 Å². The number of carbonyl (C=O) groups is 1. The zero-order valence-electron chi connectivity index (χ0n) is 15.0. The van der Waals surface area contributed by atoms with Crippen molar-refractivity contribution in [2.45, 2.75) is 0 Å². The molecule has 29 heavy (non-hydrogen) atoms. The van der Waals surface area contributed by atoms with Crippen LogP contribution in [0.4, 0.5) is 11.4 Å². The molecule has 0 saturated heterocycles. The highest BCUT2D eigenvalue weighted by Crippen LogP contribution is 2.26. The summed E-state index contributed by atoms with van der Waals surface area (Å²) >= 11 is 12.0. The average molecular weight is 424 g/mol. The molecule has 0 bridgehead atoms. The predicted molar refractivity (Wildman–Crippen MR) is 115 cm³/mol. The second kappa shape index (κ2) is 9.65. The third kappa shape index (κ3) is 5.76. The van der Waals surface area contributed by atoms with Crippen LogP contribution in [-0.2, 0) is 4.79 Å². The number of anilines is 2. The van der Waals surface area contributed by atoms with Gasteiger partial charge in [0.2, 0.25) is 0 Å². The van der Waals surface area contributed by atoms with Crippen LogP contribution in [0.2, 0.25) is 10.0 Å². The van der Waals surface area contributed by atoms with Gasteiger partial charge in [-0.25, -0.2) is 0 Å². The first-order chi connectivity index (χ1) is 14.0. The predicted octanol–water partition coefficient (Wildman–Crippen LogP) is 6.24. The van der Waals surface area contributed by atoms with E-state index in [1.165, 1.54) is 6.20 Å². The molecule has 0 aliphatic heterocycles. The number of nitrogens with zero attached hydrogens (tertiary/aromatic N) is 1. The van der Waals surface area contributed by atoms with Crippen molar-refractivity contribution in [2.75, 3.05) is 10.6 Å². The topological polar surface area (TPSA) is 74.2 Å². The molecule has 0 aliphatic rings. The summed E-state index contributed by atoms with van der Waals surface area (Å²) in [5, 5.41) is 15.7. The van der Waals surface area contributed by atoms with Crippen LogP contribution >= 0.6 is 23.2 Å². The number of nitrogens with one attached hydrogen (secondary N) is 2. The maximum absolute atomic E-state index is 12.4. The summed E-state index contributed by atoms with van der Waals surface area (Å²) in [5.74, 6) is 0.780. The highest BCUT2D eigenvalue weighted by atomic mass is 35.5. The lowest BCUT2D eigenvalue weighted by Crippen LogP contribution is -2.14. The first kappa shape index (κ1) is 20.3. The fourth-order valence-corrected chi connectivity index (χ4v) is 2.68. The number of amides is 1. The highest BCUT2D eigenvalue weighted by Gasteiger charge is 2.10. The summed E-state index contributed by atoms with van der Waals surface area (Å²) in [6.45, 7) is 0. The normalized spacial score (nSPS) is 10.7. The molecule has 2 N–H and O–H groups in total. The van der Waals surface area contributed by atoms with E-state index in [0.717, 1.165) is 0 Å². The summed E-state index contributed by atoms with van der Waals surface area (Å²) in [6.07, 6.45) is 1.28. The van der Waals surface area contributed by atoms with E-state index in [4.69, 9.17) is 27.9 Å². The number of halogens is 2. The molecule has 1 amide bonds. The van der Waals surface area contributed by atoms with E-state index in [2.05, 4.69) is 10.6 Å². The van der Waals surface area contributed by atoms with Crippen LogP contribution in [0, 0.1) is 11.3 Å². The van der Waals surface area contributed by atoms with Crippen LogP contribution in [0.25, 0.3) is 0 Å². The minimum Gasteiger partial charge on any atom is -0.457 e. The van der Waals surface area contributed by atoms with Gasteiger partial charge >= 0.3 is 0 Å². The van der Waals surface area contributed by atoms with Gasteiger partial charge in [0.15, 0.2) is 0 Å². The van der Waals surface area contributed by atoms with E-state index in [1.54, 1.807) is 42.5 Å². The number of benzene rings is 3. The first-order valence-electron chi connectivity index (χ1n) is 8.51. The van der Waals surface area contributed by atoms with Gasteiger partial charge < -0.3 is 15.4 Å². The average Bonchev–Trinajstić information content (AvgIpc) is 2.73. The molecule has 0 atom stereocenters. The Morgan fingerprint density at radius 2 is 1.66 bits per heavy atom. The van der Waals surface area contributed by atoms with Gasteiger partial charge in [-0.1, -0.05) is 41.4 Å². The third-order valence-electron chi connectivity index (χ3n) is 3.76. The Bertz CT molecular complexity index is 1080. The lowest BCUT2D eigenvalue weighted by atomic mass is 10.2. The van der Waals surface area contributed by atoms with Crippen molar-refractivity contribution in [3.05, 3.63) is 94.6 Å². The lowest BCUT2D eigenvalue weighted by molar-refractivity contribution is -0.112. The molecule has 0 spiro atoms. The van der Waals surface area contributed by atoms with Crippen molar-refractivity contribution in [3.63, 3.8) is 0 Å². The molecule has 144 valence electrons. The fourth-order valence-electron chi connectivity index (χ4n) is 2.34. The molecule has 0 radical (unpaired) electrons. The summed E-state index contributed by atoms with van der Waals surface area (Å²) in [4.78, 5) is 12.4. The van der Waals surface area contributed by atoms with E-state index < -0.39 is 5.91 Å². The van der Waals surface area contributed by atoms with Crippen LogP contribution in [0.15, 0.2) is 84.6 Å². The third-order valence-corrected chi connectivity index (χ3v) is 4.32. The van der Waals surface area contributed by atoms with Gasteiger partial charge in [0.05, 0.1) is 10.7 Å². The van der Waals surface area contributed by atoms with E-state index in [1.807, 2.05) is 36.4 Å². The van der Waals surface area contributed by atoms with Gasteiger partial charge in [-0.3, -0.25) is 4.79 Å². The number of nitriles is 1. The van der Waals surface area contributed by atoms with Crippen LogP contribution < -0.4 is 15.4 Å². The van der Waals surface area contributed by atoms with Crippen molar-refractivity contribution in [2.24, 2.45) is 0 Å². The van der Waals surface area contributed by atoms with Crippen molar-refractivity contribution in [1.29, 1.82) is 5.26 Å². The number of carbonyl (C=O) groups excluding carboxylic acids is 1. The molecule has 7 heteroatoms. The Morgan fingerprint density at radius 1 is 0.966 bits per heavy atom. The Kier molecular flexibility index (Phi) is 6.75. The van der Waals surface area contributed by atoms with Crippen molar-refractivity contribution in [1.82, 2.24) is 0 Å². The summed E-state index contributed by atoms with van der Waals surface area (Å²) in [6, 6.07) is 22.9. The molecule has 0 aromatic heterocycles. The van der Waals surface area contributed by atoms with Crippen molar-refractivity contribution >= 4 is 40.5 Å². The molecule has 0 saturated carbocycles. The summed E-state index contributed by atoms with van der Waals surface area (Å²) < 4.78 is 5.71. The van der Waals surface area contributed by atoms with Crippen LogP contribution in [0.5, 0.6) is 11.5 Å². The maximum Gasteiger partial charge on any atom is 0.267 e. The first-order valence-corrected chi connectivity index (χ1v) is 9.27.